The number of benzene rings is 2. The number of nitrogens with one attached hydrogen (secondary N) is 1. The van der Waals surface area contributed by atoms with Gasteiger partial charge in [-0.05, 0) is 61.2 Å². The van der Waals surface area contributed by atoms with Crippen molar-refractivity contribution in [2.24, 2.45) is 11.1 Å². The lowest BCUT2D eigenvalue weighted by molar-refractivity contribution is 0.102. The molecule has 0 bridgehead atoms. The zero-order valence-corrected chi connectivity index (χ0v) is 16.8. The van der Waals surface area contributed by atoms with Crippen molar-refractivity contribution in [1.29, 1.82) is 0 Å². The van der Waals surface area contributed by atoms with E-state index >= 15 is 0 Å². The highest BCUT2D eigenvalue weighted by Crippen LogP contribution is 2.26. The van der Waals surface area contributed by atoms with Crippen molar-refractivity contribution in [2.75, 3.05) is 30.4 Å². The smallest absolute Gasteiger partial charge is 0.259 e. The molecule has 8 heteroatoms. The summed E-state index contributed by atoms with van der Waals surface area (Å²) in [6, 6.07) is 11.6. The molecule has 0 atom stereocenters. The minimum atomic E-state index is -3.92. The predicted octanol–water partition coefficient (Wildman–Crippen LogP) is 2.83. The number of sulfonamides is 1. The van der Waals surface area contributed by atoms with E-state index in [1.165, 1.54) is 38.2 Å². The van der Waals surface area contributed by atoms with Crippen LogP contribution < -0.4 is 20.1 Å². The number of methoxy groups -OCH3 is 1. The number of ether oxygens (including phenoxy) is 1. The molecule has 0 aromatic heterocycles. The van der Waals surface area contributed by atoms with Crippen LogP contribution in [0.3, 0.4) is 0 Å². The van der Waals surface area contributed by atoms with E-state index in [1.807, 2.05) is 24.3 Å². The number of piperidine rings is 1. The van der Waals surface area contributed by atoms with Gasteiger partial charge in [-0.25, -0.2) is 13.6 Å². The van der Waals surface area contributed by atoms with Crippen LogP contribution in [0.1, 0.15) is 30.1 Å². The van der Waals surface area contributed by atoms with Crippen LogP contribution in [0.25, 0.3) is 0 Å². The summed E-state index contributed by atoms with van der Waals surface area (Å²) in [5.74, 6) is 0.559. The Labute approximate surface area is 165 Å². The van der Waals surface area contributed by atoms with Crippen LogP contribution in [0.4, 0.5) is 11.4 Å². The Kier molecular flexibility index (Phi) is 5.90. The average Bonchev–Trinajstić information content (AvgIpc) is 2.68. The van der Waals surface area contributed by atoms with E-state index < -0.39 is 15.9 Å². The van der Waals surface area contributed by atoms with E-state index in [2.05, 4.69) is 17.1 Å². The number of primary sulfonamides is 1. The van der Waals surface area contributed by atoms with Gasteiger partial charge < -0.3 is 15.0 Å². The van der Waals surface area contributed by atoms with Crippen molar-refractivity contribution in [3.63, 3.8) is 0 Å². The third-order valence-electron chi connectivity index (χ3n) is 5.02. The van der Waals surface area contributed by atoms with Gasteiger partial charge in [0.1, 0.15) is 5.75 Å². The standard InChI is InChI=1S/C20H25N3O4S/c1-14-9-11-23(12-10-14)16-5-3-15(4-6-16)22-20(24)18-13-17(28(21,25)26)7-8-19(18)27-2/h3-8,13-14H,9-12H2,1-2H3,(H,22,24)(H2,21,25,26). The molecule has 28 heavy (non-hydrogen) atoms. The first-order chi connectivity index (χ1) is 13.3. The Balaban J connectivity index is 1.76. The summed E-state index contributed by atoms with van der Waals surface area (Å²) in [6.45, 7) is 4.34. The van der Waals surface area contributed by atoms with E-state index in [9.17, 15) is 13.2 Å². The predicted molar refractivity (Wildman–Crippen MR) is 109 cm³/mol. The normalized spacial score (nSPS) is 15.3. The summed E-state index contributed by atoms with van der Waals surface area (Å²) in [4.78, 5) is 14.9. The van der Waals surface area contributed by atoms with Crippen LogP contribution in [0, 0.1) is 5.92 Å². The molecule has 0 unspecified atom stereocenters. The molecule has 0 spiro atoms. The first kappa shape index (κ1) is 20.2. The van der Waals surface area contributed by atoms with Gasteiger partial charge in [0.05, 0.1) is 17.6 Å². The van der Waals surface area contributed by atoms with Gasteiger partial charge in [0.25, 0.3) is 5.91 Å². The minimum Gasteiger partial charge on any atom is -0.496 e. The molecule has 0 aliphatic carbocycles. The second-order valence-electron chi connectivity index (χ2n) is 7.08. The summed E-state index contributed by atoms with van der Waals surface area (Å²) in [6.07, 6.45) is 2.36. The number of hydrogen-bond donors (Lipinski definition) is 2. The lowest BCUT2D eigenvalue weighted by Crippen LogP contribution is -2.32. The summed E-state index contributed by atoms with van der Waals surface area (Å²) in [5.41, 5.74) is 1.84. The minimum absolute atomic E-state index is 0.100. The molecule has 3 N–H and O–H groups in total. The van der Waals surface area contributed by atoms with Crippen LogP contribution >= 0.6 is 0 Å². The zero-order valence-electron chi connectivity index (χ0n) is 16.0. The Morgan fingerprint density at radius 2 is 1.79 bits per heavy atom. The number of nitrogens with zero attached hydrogens (tertiary/aromatic N) is 1. The van der Waals surface area contributed by atoms with Gasteiger partial charge in [-0.1, -0.05) is 6.92 Å². The molecule has 0 radical (unpaired) electrons. The van der Waals surface area contributed by atoms with E-state index in [0.717, 1.165) is 24.7 Å². The summed E-state index contributed by atoms with van der Waals surface area (Å²) in [5, 5.41) is 7.94. The SMILES string of the molecule is COc1ccc(S(N)(=O)=O)cc1C(=O)Nc1ccc(N2CCC(C)CC2)cc1. The lowest BCUT2D eigenvalue weighted by Gasteiger charge is -2.32. The van der Waals surface area contributed by atoms with E-state index in [4.69, 9.17) is 9.88 Å². The number of nitrogens with two attached hydrogens (primary N) is 1. The highest BCUT2D eigenvalue weighted by atomic mass is 32.2. The summed E-state index contributed by atoms with van der Waals surface area (Å²) >= 11 is 0. The highest BCUT2D eigenvalue weighted by Gasteiger charge is 2.18. The van der Waals surface area contributed by atoms with Crippen molar-refractivity contribution in [2.45, 2.75) is 24.7 Å². The first-order valence-electron chi connectivity index (χ1n) is 9.15. The Hall–Kier alpha value is -2.58. The number of anilines is 2. The van der Waals surface area contributed by atoms with Gasteiger partial charge in [-0.2, -0.15) is 0 Å². The van der Waals surface area contributed by atoms with Crippen molar-refractivity contribution in [3.8, 4) is 5.75 Å². The summed E-state index contributed by atoms with van der Waals surface area (Å²) < 4.78 is 28.3. The zero-order chi connectivity index (χ0) is 20.3. The molecule has 150 valence electrons. The topological polar surface area (TPSA) is 102 Å². The third kappa shape index (κ3) is 4.63. The lowest BCUT2D eigenvalue weighted by atomic mass is 9.99. The number of rotatable bonds is 5. The second kappa shape index (κ2) is 8.20. The molecular formula is C20H25N3O4S. The van der Waals surface area contributed by atoms with Gasteiger partial charge in [-0.3, -0.25) is 4.79 Å². The van der Waals surface area contributed by atoms with E-state index in [1.54, 1.807) is 0 Å². The van der Waals surface area contributed by atoms with Gasteiger partial charge in [-0.15, -0.1) is 0 Å². The molecule has 1 fully saturated rings. The van der Waals surface area contributed by atoms with Gasteiger partial charge in [0.2, 0.25) is 10.0 Å². The number of carbonyl (C=O) groups is 1. The Morgan fingerprint density at radius 3 is 2.36 bits per heavy atom. The first-order valence-corrected chi connectivity index (χ1v) is 10.7. The number of amides is 1. The molecule has 1 heterocycles. The largest absolute Gasteiger partial charge is 0.496 e. The fraction of sp³-hybridized carbons (Fsp3) is 0.350. The molecule has 7 nitrogen and oxygen atoms in total. The van der Waals surface area contributed by atoms with Crippen LogP contribution in [-0.2, 0) is 10.0 Å². The van der Waals surface area contributed by atoms with Crippen LogP contribution in [0.2, 0.25) is 0 Å². The molecule has 2 aromatic carbocycles. The molecule has 1 aliphatic heterocycles. The molecule has 2 aromatic rings. The molecular weight excluding hydrogens is 378 g/mol. The van der Waals surface area contributed by atoms with Gasteiger partial charge in [0, 0.05) is 24.5 Å². The molecule has 0 saturated carbocycles. The van der Waals surface area contributed by atoms with Crippen LogP contribution in [-0.4, -0.2) is 34.5 Å². The average molecular weight is 404 g/mol. The van der Waals surface area contributed by atoms with Crippen molar-refractivity contribution < 1.29 is 17.9 Å². The van der Waals surface area contributed by atoms with Crippen LogP contribution in [0.5, 0.6) is 5.75 Å². The van der Waals surface area contributed by atoms with Gasteiger partial charge >= 0.3 is 0 Å². The fourth-order valence-corrected chi connectivity index (χ4v) is 3.80. The van der Waals surface area contributed by atoms with Gasteiger partial charge in [0.15, 0.2) is 0 Å². The molecule has 3 rings (SSSR count). The van der Waals surface area contributed by atoms with E-state index in [-0.39, 0.29) is 16.2 Å². The Bertz CT molecular complexity index is 950. The highest BCUT2D eigenvalue weighted by molar-refractivity contribution is 7.89. The quantitative estimate of drug-likeness (QED) is 0.799. The maximum Gasteiger partial charge on any atom is 0.259 e. The third-order valence-corrected chi connectivity index (χ3v) is 5.93. The van der Waals surface area contributed by atoms with Crippen molar-refractivity contribution in [1.82, 2.24) is 0 Å². The van der Waals surface area contributed by atoms with E-state index in [0.29, 0.717) is 5.69 Å². The number of hydrogen-bond acceptors (Lipinski definition) is 5. The second-order valence-corrected chi connectivity index (χ2v) is 8.64. The maximum atomic E-state index is 12.7. The van der Waals surface area contributed by atoms with Crippen LogP contribution in [0.15, 0.2) is 47.4 Å². The Morgan fingerprint density at radius 1 is 1.14 bits per heavy atom. The van der Waals surface area contributed by atoms with Crippen molar-refractivity contribution in [3.05, 3.63) is 48.0 Å². The summed E-state index contributed by atoms with van der Waals surface area (Å²) in [7, 11) is -2.51. The fourth-order valence-electron chi connectivity index (χ4n) is 3.26. The number of carbonyl (C=O) groups excluding carboxylic acids is 1. The maximum absolute atomic E-state index is 12.7. The monoisotopic (exact) mass is 403 g/mol. The molecule has 1 aliphatic rings. The molecule has 1 saturated heterocycles. The molecule has 1 amide bonds. The van der Waals surface area contributed by atoms with Crippen molar-refractivity contribution >= 4 is 27.3 Å².